The van der Waals surface area contributed by atoms with Crippen LogP contribution in [0.1, 0.15) is 12.8 Å². The van der Waals surface area contributed by atoms with E-state index in [-0.39, 0.29) is 13.0 Å². The molecular formula is C9H15N3O7. The standard InChI is InChI=1S/C9H15N3O7/c10-3-5(8(17)18)12-9(19)11-4(7(15)16)1-2-6(13)14/h4-5H,1-3,10H2,(H,13,14)(H,15,16)(H,17,18)(H2,11,12,19)/t4-,5-/m0/s1. The van der Waals surface area contributed by atoms with Crippen LogP contribution >= 0.6 is 0 Å². The second-order valence-electron chi connectivity index (χ2n) is 3.57. The Bertz CT molecular complexity index is 371. The van der Waals surface area contributed by atoms with E-state index in [0.29, 0.717) is 0 Å². The number of nitrogens with one attached hydrogen (secondary N) is 2. The summed E-state index contributed by atoms with van der Waals surface area (Å²) in [5.74, 6) is -4.00. The summed E-state index contributed by atoms with van der Waals surface area (Å²) in [6, 6.07) is -3.83. The zero-order chi connectivity index (χ0) is 15.0. The van der Waals surface area contributed by atoms with Crippen LogP contribution in [0.25, 0.3) is 0 Å². The highest BCUT2D eigenvalue weighted by atomic mass is 16.4. The van der Waals surface area contributed by atoms with Gasteiger partial charge in [0.15, 0.2) is 0 Å². The topological polar surface area (TPSA) is 179 Å². The quantitative estimate of drug-likeness (QED) is 0.295. The van der Waals surface area contributed by atoms with Crippen molar-refractivity contribution in [3.05, 3.63) is 0 Å². The van der Waals surface area contributed by atoms with Gasteiger partial charge in [0, 0.05) is 13.0 Å². The lowest BCUT2D eigenvalue weighted by atomic mass is 10.1. The summed E-state index contributed by atoms with van der Waals surface area (Å²) in [5, 5.41) is 29.7. The molecule has 0 heterocycles. The Morgan fingerprint density at radius 2 is 1.42 bits per heavy atom. The fourth-order valence-electron chi connectivity index (χ4n) is 1.10. The number of carbonyl (C=O) groups excluding carboxylic acids is 1. The van der Waals surface area contributed by atoms with Gasteiger partial charge >= 0.3 is 23.9 Å². The van der Waals surface area contributed by atoms with E-state index in [1.54, 1.807) is 0 Å². The van der Waals surface area contributed by atoms with Crippen LogP contribution in [0.3, 0.4) is 0 Å². The van der Waals surface area contributed by atoms with E-state index in [9.17, 15) is 19.2 Å². The number of carboxylic acids is 3. The van der Waals surface area contributed by atoms with Crippen molar-refractivity contribution in [2.24, 2.45) is 5.73 Å². The molecule has 2 amide bonds. The van der Waals surface area contributed by atoms with Crippen molar-refractivity contribution in [1.29, 1.82) is 0 Å². The van der Waals surface area contributed by atoms with E-state index >= 15 is 0 Å². The number of nitrogens with two attached hydrogens (primary N) is 1. The average molecular weight is 277 g/mol. The first-order valence-corrected chi connectivity index (χ1v) is 5.22. The first kappa shape index (κ1) is 16.6. The third-order valence-corrected chi connectivity index (χ3v) is 2.09. The first-order chi connectivity index (χ1) is 8.77. The maximum Gasteiger partial charge on any atom is 0.327 e. The molecule has 0 radical (unpaired) electrons. The molecule has 0 unspecified atom stereocenters. The highest BCUT2D eigenvalue weighted by Gasteiger charge is 2.23. The van der Waals surface area contributed by atoms with Crippen LogP contribution in [0.2, 0.25) is 0 Å². The molecule has 0 spiro atoms. The van der Waals surface area contributed by atoms with E-state index < -0.39 is 42.4 Å². The Balaban J connectivity index is 4.42. The Morgan fingerprint density at radius 1 is 0.947 bits per heavy atom. The molecule has 0 rings (SSSR count). The largest absolute Gasteiger partial charge is 0.481 e. The van der Waals surface area contributed by atoms with Crippen LogP contribution in [0.5, 0.6) is 0 Å². The monoisotopic (exact) mass is 277 g/mol. The van der Waals surface area contributed by atoms with Gasteiger partial charge in [-0.3, -0.25) is 4.79 Å². The molecule has 108 valence electrons. The molecule has 0 aromatic rings. The summed E-state index contributed by atoms with van der Waals surface area (Å²) >= 11 is 0. The molecule has 0 fully saturated rings. The summed E-state index contributed by atoms with van der Waals surface area (Å²) < 4.78 is 0. The minimum atomic E-state index is -1.43. The van der Waals surface area contributed by atoms with Gasteiger partial charge in [-0.1, -0.05) is 0 Å². The van der Waals surface area contributed by atoms with Crippen molar-refractivity contribution in [3.63, 3.8) is 0 Å². The number of rotatable bonds is 8. The summed E-state index contributed by atoms with van der Waals surface area (Å²) in [6.07, 6.45) is -0.769. The molecule has 0 aliphatic carbocycles. The Morgan fingerprint density at radius 3 is 1.79 bits per heavy atom. The fraction of sp³-hybridized carbons (Fsp3) is 0.556. The predicted molar refractivity (Wildman–Crippen MR) is 60.4 cm³/mol. The third-order valence-electron chi connectivity index (χ3n) is 2.09. The molecule has 0 aliphatic heterocycles. The number of hydrogen-bond donors (Lipinski definition) is 6. The highest BCUT2D eigenvalue weighted by molar-refractivity contribution is 5.86. The minimum absolute atomic E-state index is 0.321. The number of carboxylic acid groups (broad SMARTS) is 3. The van der Waals surface area contributed by atoms with Crippen molar-refractivity contribution in [1.82, 2.24) is 10.6 Å². The van der Waals surface area contributed by atoms with Crippen molar-refractivity contribution >= 4 is 23.9 Å². The number of carbonyl (C=O) groups is 4. The minimum Gasteiger partial charge on any atom is -0.481 e. The van der Waals surface area contributed by atoms with Crippen LogP contribution in [-0.2, 0) is 14.4 Å². The molecule has 0 aromatic carbocycles. The van der Waals surface area contributed by atoms with E-state index in [0.717, 1.165) is 0 Å². The van der Waals surface area contributed by atoms with E-state index in [4.69, 9.17) is 21.1 Å². The van der Waals surface area contributed by atoms with Crippen molar-refractivity contribution in [2.45, 2.75) is 24.9 Å². The molecule has 0 saturated carbocycles. The number of aliphatic carboxylic acids is 3. The average Bonchev–Trinajstić information content (AvgIpc) is 2.30. The van der Waals surface area contributed by atoms with Gasteiger partial charge in [0.1, 0.15) is 12.1 Å². The SMILES string of the molecule is NC[C@H](NC(=O)N[C@@H](CCC(=O)O)C(=O)O)C(=O)O. The number of hydrogen-bond acceptors (Lipinski definition) is 5. The number of amides is 2. The van der Waals surface area contributed by atoms with Gasteiger partial charge in [0.05, 0.1) is 0 Å². The Labute approximate surface area is 107 Å². The van der Waals surface area contributed by atoms with Gasteiger partial charge < -0.3 is 31.7 Å². The van der Waals surface area contributed by atoms with Crippen molar-refractivity contribution in [3.8, 4) is 0 Å². The Hall–Kier alpha value is -2.36. The van der Waals surface area contributed by atoms with Gasteiger partial charge in [-0.2, -0.15) is 0 Å². The van der Waals surface area contributed by atoms with Crippen LogP contribution in [-0.4, -0.2) is 57.9 Å². The summed E-state index contributed by atoms with van der Waals surface area (Å²) in [6.45, 7) is -0.365. The van der Waals surface area contributed by atoms with Crippen LogP contribution in [0, 0.1) is 0 Å². The smallest absolute Gasteiger partial charge is 0.327 e. The van der Waals surface area contributed by atoms with Crippen molar-refractivity contribution < 1.29 is 34.5 Å². The molecule has 2 atom stereocenters. The molecule has 0 bridgehead atoms. The van der Waals surface area contributed by atoms with Crippen LogP contribution in [0.15, 0.2) is 0 Å². The Kier molecular flexibility index (Phi) is 6.89. The lowest BCUT2D eigenvalue weighted by molar-refractivity contribution is -0.140. The maximum atomic E-state index is 11.3. The zero-order valence-electron chi connectivity index (χ0n) is 9.83. The maximum absolute atomic E-state index is 11.3. The zero-order valence-corrected chi connectivity index (χ0v) is 9.83. The lowest BCUT2D eigenvalue weighted by Crippen LogP contribution is -2.53. The van der Waals surface area contributed by atoms with E-state index in [2.05, 4.69) is 0 Å². The van der Waals surface area contributed by atoms with Crippen molar-refractivity contribution in [2.75, 3.05) is 6.54 Å². The van der Waals surface area contributed by atoms with E-state index in [1.807, 2.05) is 10.6 Å². The molecule has 19 heavy (non-hydrogen) atoms. The molecular weight excluding hydrogens is 262 g/mol. The molecule has 10 heteroatoms. The predicted octanol–water partition coefficient (Wildman–Crippen LogP) is -1.98. The molecule has 0 aromatic heterocycles. The lowest BCUT2D eigenvalue weighted by Gasteiger charge is -2.17. The third kappa shape index (κ3) is 6.83. The van der Waals surface area contributed by atoms with Crippen LogP contribution < -0.4 is 16.4 Å². The van der Waals surface area contributed by atoms with Gasteiger partial charge in [-0.15, -0.1) is 0 Å². The van der Waals surface area contributed by atoms with Gasteiger partial charge in [0.25, 0.3) is 0 Å². The molecule has 10 nitrogen and oxygen atoms in total. The molecule has 0 aliphatic rings. The van der Waals surface area contributed by atoms with Crippen LogP contribution in [0.4, 0.5) is 4.79 Å². The summed E-state index contributed by atoms with van der Waals surface area (Å²) in [4.78, 5) is 43.0. The number of urea groups is 1. The molecule has 0 saturated heterocycles. The highest BCUT2D eigenvalue weighted by Crippen LogP contribution is 1.98. The second-order valence-corrected chi connectivity index (χ2v) is 3.57. The van der Waals surface area contributed by atoms with Gasteiger partial charge in [-0.25, -0.2) is 14.4 Å². The summed E-state index contributed by atoms with van der Waals surface area (Å²) in [5.41, 5.74) is 5.09. The first-order valence-electron chi connectivity index (χ1n) is 5.22. The molecule has 7 N–H and O–H groups in total. The second kappa shape index (κ2) is 7.87. The van der Waals surface area contributed by atoms with Gasteiger partial charge in [0.2, 0.25) is 0 Å². The van der Waals surface area contributed by atoms with Gasteiger partial charge in [-0.05, 0) is 6.42 Å². The van der Waals surface area contributed by atoms with E-state index in [1.165, 1.54) is 0 Å². The summed E-state index contributed by atoms with van der Waals surface area (Å²) in [7, 11) is 0. The fourth-order valence-corrected chi connectivity index (χ4v) is 1.10. The normalized spacial score (nSPS) is 13.1.